The van der Waals surface area contributed by atoms with Gasteiger partial charge in [0.25, 0.3) is 0 Å². The van der Waals surface area contributed by atoms with E-state index in [2.05, 4.69) is 46.8 Å². The number of aromatic nitrogens is 1. The average Bonchev–Trinajstić information content (AvgIpc) is 3.07. The number of para-hydroxylation sites is 1. The van der Waals surface area contributed by atoms with Crippen LogP contribution in [0.3, 0.4) is 0 Å². The number of aromatic hydroxyl groups is 1. The van der Waals surface area contributed by atoms with Crippen molar-refractivity contribution >= 4 is 22.2 Å². The number of fused-ring (bicyclic) bond motifs is 2. The van der Waals surface area contributed by atoms with E-state index in [-0.39, 0.29) is 22.4 Å². The quantitative estimate of drug-likeness (QED) is 0.175. The minimum Gasteiger partial charge on any atom is -0.507 e. The number of ether oxygens (including phenoxy) is 2. The van der Waals surface area contributed by atoms with Crippen molar-refractivity contribution in [3.05, 3.63) is 126 Å². The molecule has 6 aromatic rings. The highest BCUT2D eigenvalue weighted by molar-refractivity contribution is 6.29. The molecule has 0 unspecified atom stereocenters. The number of ketones is 1. The van der Waals surface area contributed by atoms with Crippen LogP contribution in [0.15, 0.2) is 109 Å². The van der Waals surface area contributed by atoms with Crippen molar-refractivity contribution in [2.45, 2.75) is 46.5 Å². The molecule has 0 atom stereocenters. The highest BCUT2D eigenvalue weighted by atomic mass is 16.5. The first kappa shape index (κ1) is 32.9. The molecule has 0 saturated carbocycles. The van der Waals surface area contributed by atoms with Crippen molar-refractivity contribution in [3.63, 3.8) is 0 Å². The Hall–Kier alpha value is -5.62. The van der Waals surface area contributed by atoms with Crippen molar-refractivity contribution in [1.82, 2.24) is 4.98 Å². The molecule has 0 saturated heterocycles. The second-order valence-electron chi connectivity index (χ2n) is 15.2. The summed E-state index contributed by atoms with van der Waals surface area (Å²) in [5.74, 6) is 2.09. The lowest BCUT2D eigenvalue weighted by atomic mass is 9.72. The largest absolute Gasteiger partial charge is 0.507 e. The van der Waals surface area contributed by atoms with E-state index >= 15 is 0 Å². The molecule has 1 aliphatic rings. The summed E-state index contributed by atoms with van der Waals surface area (Å²) < 4.78 is 13.2. The van der Waals surface area contributed by atoms with Gasteiger partial charge in [-0.25, -0.2) is 0 Å². The molecule has 1 N–H and O–H groups in total. The van der Waals surface area contributed by atoms with Gasteiger partial charge in [0.05, 0.1) is 11.3 Å². The van der Waals surface area contributed by atoms with Crippen molar-refractivity contribution < 1.29 is 19.4 Å². The molecule has 50 heavy (non-hydrogen) atoms. The van der Waals surface area contributed by atoms with Gasteiger partial charge in [0.1, 0.15) is 28.7 Å². The molecule has 252 valence electrons. The van der Waals surface area contributed by atoms with Crippen LogP contribution in [-0.4, -0.2) is 30.0 Å². The summed E-state index contributed by atoms with van der Waals surface area (Å²) in [4.78, 5) is 21.3. The van der Waals surface area contributed by atoms with Crippen molar-refractivity contribution in [3.8, 4) is 51.1 Å². The smallest absolute Gasteiger partial charge is 0.198 e. The number of phenolic OH excluding ortho intramolecular Hbond substituents is 1. The van der Waals surface area contributed by atoms with Crippen molar-refractivity contribution in [2.24, 2.45) is 5.41 Å². The van der Waals surface area contributed by atoms with Gasteiger partial charge >= 0.3 is 0 Å². The van der Waals surface area contributed by atoms with Gasteiger partial charge < -0.3 is 19.5 Å². The van der Waals surface area contributed by atoms with Gasteiger partial charge in [-0.05, 0) is 64.8 Å². The van der Waals surface area contributed by atoms with Crippen LogP contribution in [0.5, 0.6) is 28.7 Å². The van der Waals surface area contributed by atoms with E-state index in [4.69, 9.17) is 14.5 Å². The van der Waals surface area contributed by atoms with E-state index < -0.39 is 0 Å². The fraction of sp³-hybridized carbons (Fsp3) is 0.227. The number of pyridine rings is 1. The molecule has 1 heterocycles. The van der Waals surface area contributed by atoms with E-state index in [1.54, 1.807) is 18.3 Å². The number of rotatable bonds is 8. The summed E-state index contributed by atoms with van der Waals surface area (Å²) in [7, 11) is 3.85. The number of hydrogen-bond donors (Lipinski definition) is 1. The molecular formula is C44H42N2O4. The molecule has 0 fully saturated rings. The van der Waals surface area contributed by atoms with Gasteiger partial charge in [-0.15, -0.1) is 0 Å². The summed E-state index contributed by atoms with van der Waals surface area (Å²) in [6.45, 7) is 11.3. The third-order valence-electron chi connectivity index (χ3n) is 9.33. The summed E-state index contributed by atoms with van der Waals surface area (Å²) in [6, 6.07) is 32.6. The molecule has 5 aromatic carbocycles. The van der Waals surface area contributed by atoms with E-state index in [1.807, 2.05) is 97.9 Å². The predicted octanol–water partition coefficient (Wildman–Crippen LogP) is 11.2. The van der Waals surface area contributed by atoms with Gasteiger partial charge in [0, 0.05) is 65.6 Å². The van der Waals surface area contributed by atoms with E-state index in [9.17, 15) is 9.90 Å². The fourth-order valence-corrected chi connectivity index (χ4v) is 7.38. The SMILES string of the molecule is CN(C)c1ccc(-c2ncc3c(Oc4ccc(C(C)(C)CC(C)(C)C)cc4)cc(Oc4ccccc4)c4c3c2-c2ccccc2C4=O)c(O)c1. The Morgan fingerprint density at radius 2 is 1.34 bits per heavy atom. The molecule has 1 aromatic heterocycles. The summed E-state index contributed by atoms with van der Waals surface area (Å²) >= 11 is 0. The molecule has 7 rings (SSSR count). The number of phenols is 1. The second-order valence-corrected chi connectivity index (χ2v) is 15.2. The molecule has 6 heteroatoms. The number of hydrogen-bond acceptors (Lipinski definition) is 6. The normalized spacial score (nSPS) is 12.5. The first-order valence-electron chi connectivity index (χ1n) is 17.0. The van der Waals surface area contributed by atoms with Crippen LogP contribution in [0.4, 0.5) is 5.69 Å². The monoisotopic (exact) mass is 662 g/mol. The highest BCUT2D eigenvalue weighted by Crippen LogP contribution is 2.51. The Kier molecular flexibility index (Phi) is 8.14. The van der Waals surface area contributed by atoms with Gasteiger partial charge in [-0.2, -0.15) is 0 Å². The maximum atomic E-state index is 14.4. The number of nitrogens with zero attached hydrogens (tertiary/aromatic N) is 2. The van der Waals surface area contributed by atoms with Crippen LogP contribution in [-0.2, 0) is 5.41 Å². The van der Waals surface area contributed by atoms with Crippen molar-refractivity contribution in [1.29, 1.82) is 0 Å². The molecule has 0 aliphatic heterocycles. The topological polar surface area (TPSA) is 71.9 Å². The molecular weight excluding hydrogens is 620 g/mol. The first-order chi connectivity index (χ1) is 23.8. The standard InChI is InChI=1S/C44H42N2O4/c1-43(2,3)26-44(4,5)27-17-20-30(21-18-27)49-36-24-37(50-29-13-9-8-10-14-29)40-38-34(36)25-45-41(33-22-19-28(46(6)7)23-35(33)47)39(38)31-15-11-12-16-32(31)42(40)48/h8-25,47H,26H2,1-7H3. The molecule has 0 radical (unpaired) electrons. The molecule has 1 aliphatic carbocycles. The summed E-state index contributed by atoms with van der Waals surface area (Å²) in [5, 5.41) is 12.7. The lowest BCUT2D eigenvalue weighted by Gasteiger charge is -2.33. The average molecular weight is 663 g/mol. The van der Waals surface area contributed by atoms with Gasteiger partial charge in [-0.3, -0.25) is 9.78 Å². The highest BCUT2D eigenvalue weighted by Gasteiger charge is 2.34. The Balaban J connectivity index is 1.45. The molecule has 0 bridgehead atoms. The lowest BCUT2D eigenvalue weighted by Crippen LogP contribution is -2.24. The Bertz CT molecular complexity index is 2250. The molecule has 6 nitrogen and oxygen atoms in total. The Morgan fingerprint density at radius 1 is 0.700 bits per heavy atom. The lowest BCUT2D eigenvalue weighted by molar-refractivity contribution is 0.103. The van der Waals surface area contributed by atoms with Gasteiger partial charge in [0.2, 0.25) is 0 Å². The van der Waals surface area contributed by atoms with E-state index in [0.717, 1.165) is 23.2 Å². The number of benzene rings is 5. The second kappa shape index (κ2) is 12.4. The number of carbonyl (C=O) groups excluding carboxylic acids is 1. The van der Waals surface area contributed by atoms with Crippen LogP contribution >= 0.6 is 0 Å². The van der Waals surface area contributed by atoms with Gasteiger partial charge in [0.15, 0.2) is 5.78 Å². The van der Waals surface area contributed by atoms with Crippen LogP contribution in [0.1, 0.15) is 62.5 Å². The minimum atomic E-state index is -0.148. The van der Waals surface area contributed by atoms with E-state index in [0.29, 0.717) is 56.2 Å². The zero-order chi connectivity index (χ0) is 35.4. The maximum Gasteiger partial charge on any atom is 0.198 e. The summed E-state index contributed by atoms with van der Waals surface area (Å²) in [5.41, 5.74) is 5.84. The predicted molar refractivity (Wildman–Crippen MR) is 202 cm³/mol. The third-order valence-corrected chi connectivity index (χ3v) is 9.33. The maximum absolute atomic E-state index is 14.4. The third kappa shape index (κ3) is 6.07. The molecule has 0 spiro atoms. The Labute approximate surface area is 294 Å². The van der Waals surface area contributed by atoms with Crippen LogP contribution in [0, 0.1) is 5.41 Å². The first-order valence-corrected chi connectivity index (χ1v) is 17.0. The van der Waals surface area contributed by atoms with Crippen molar-refractivity contribution in [2.75, 3.05) is 19.0 Å². The van der Waals surface area contributed by atoms with Crippen LogP contribution in [0.25, 0.3) is 33.2 Å². The van der Waals surface area contributed by atoms with E-state index in [1.165, 1.54) is 5.56 Å². The summed E-state index contributed by atoms with van der Waals surface area (Å²) in [6.07, 6.45) is 2.77. The zero-order valence-corrected chi connectivity index (χ0v) is 29.7. The molecule has 0 amide bonds. The minimum absolute atomic E-state index is 0.0158. The zero-order valence-electron chi connectivity index (χ0n) is 29.7. The van der Waals surface area contributed by atoms with Crippen LogP contribution < -0.4 is 14.4 Å². The number of anilines is 1. The van der Waals surface area contributed by atoms with Crippen LogP contribution in [0.2, 0.25) is 0 Å². The number of carbonyl (C=O) groups is 1. The fourth-order valence-electron chi connectivity index (χ4n) is 7.38. The Morgan fingerprint density at radius 3 is 2.00 bits per heavy atom. The van der Waals surface area contributed by atoms with Gasteiger partial charge in [-0.1, -0.05) is 89.2 Å².